The van der Waals surface area contributed by atoms with Crippen LogP contribution in [0.25, 0.3) is 0 Å². The number of ether oxygens (including phenoxy) is 1. The lowest BCUT2D eigenvalue weighted by molar-refractivity contribution is 0.316. The summed E-state index contributed by atoms with van der Waals surface area (Å²) >= 11 is 0. The highest BCUT2D eigenvalue weighted by Crippen LogP contribution is 2.19. The van der Waals surface area contributed by atoms with Crippen molar-refractivity contribution in [3.05, 3.63) is 29.3 Å². The number of aryl methyl sites for hydroxylation is 1. The molecule has 0 atom stereocenters. The van der Waals surface area contributed by atoms with E-state index in [1.165, 1.54) is 0 Å². The highest BCUT2D eigenvalue weighted by molar-refractivity contribution is 5.44. The zero-order valence-corrected chi connectivity index (χ0v) is 8.00. The number of nitriles is 1. The Balaban J connectivity index is 2.89. The van der Waals surface area contributed by atoms with E-state index in [9.17, 15) is 0 Å². The Bertz CT molecular complexity index is 325. The minimum absolute atomic E-state index is 0.610. The molecule has 0 amide bonds. The Labute approximate surface area is 78.8 Å². The van der Waals surface area contributed by atoms with E-state index in [4.69, 9.17) is 10.00 Å². The summed E-state index contributed by atoms with van der Waals surface area (Å²) in [6.45, 7) is 4.69. The molecule has 0 saturated carbocycles. The Hall–Kier alpha value is -1.49. The van der Waals surface area contributed by atoms with Gasteiger partial charge in [-0.2, -0.15) is 5.26 Å². The average molecular weight is 175 g/mol. The molecule has 0 bridgehead atoms. The molecule has 0 N–H and O–H groups in total. The molecule has 2 nitrogen and oxygen atoms in total. The van der Waals surface area contributed by atoms with Gasteiger partial charge in [0, 0.05) is 0 Å². The van der Waals surface area contributed by atoms with Gasteiger partial charge in [0.2, 0.25) is 0 Å². The fraction of sp³-hybridized carbons (Fsp3) is 0.364. The Kier molecular flexibility index (Phi) is 3.33. The van der Waals surface area contributed by atoms with Crippen molar-refractivity contribution >= 4 is 0 Å². The van der Waals surface area contributed by atoms with E-state index >= 15 is 0 Å². The maximum absolute atomic E-state index is 8.78. The predicted octanol–water partition coefficient (Wildman–Crippen LogP) is 2.66. The van der Waals surface area contributed by atoms with Crippen LogP contribution in [0.3, 0.4) is 0 Å². The minimum atomic E-state index is 0.610. The molecule has 1 aromatic rings. The first kappa shape index (κ1) is 9.60. The zero-order chi connectivity index (χ0) is 9.68. The monoisotopic (exact) mass is 175 g/mol. The number of rotatable bonds is 3. The van der Waals surface area contributed by atoms with Gasteiger partial charge >= 0.3 is 0 Å². The van der Waals surface area contributed by atoms with Crippen molar-refractivity contribution in [2.24, 2.45) is 0 Å². The lowest BCUT2D eigenvalue weighted by Gasteiger charge is -2.06. The number of nitrogens with zero attached hydrogens (tertiary/aromatic N) is 1. The van der Waals surface area contributed by atoms with Crippen LogP contribution >= 0.6 is 0 Å². The molecule has 0 radical (unpaired) electrons. The first-order valence-electron chi connectivity index (χ1n) is 4.41. The SMILES string of the molecule is CCCOc1cc(C)ccc1C#N. The number of hydrogen-bond acceptors (Lipinski definition) is 2. The maximum Gasteiger partial charge on any atom is 0.137 e. The molecule has 1 aromatic carbocycles. The molecule has 0 fully saturated rings. The van der Waals surface area contributed by atoms with Crippen LogP contribution < -0.4 is 4.74 Å². The molecule has 13 heavy (non-hydrogen) atoms. The quantitative estimate of drug-likeness (QED) is 0.707. The van der Waals surface area contributed by atoms with Crippen molar-refractivity contribution in [3.8, 4) is 11.8 Å². The summed E-state index contributed by atoms with van der Waals surface area (Å²) in [6.07, 6.45) is 0.957. The number of hydrogen-bond donors (Lipinski definition) is 0. The van der Waals surface area contributed by atoms with Crippen LogP contribution in [0, 0.1) is 18.3 Å². The lowest BCUT2D eigenvalue weighted by Crippen LogP contribution is -1.97. The first-order valence-corrected chi connectivity index (χ1v) is 4.41. The van der Waals surface area contributed by atoms with Crippen LogP contribution in [-0.4, -0.2) is 6.61 Å². The summed E-state index contributed by atoms with van der Waals surface area (Å²) in [5.41, 5.74) is 1.73. The summed E-state index contributed by atoms with van der Waals surface area (Å²) in [4.78, 5) is 0. The van der Waals surface area contributed by atoms with Crippen LogP contribution in [0.15, 0.2) is 18.2 Å². The van der Waals surface area contributed by atoms with Gasteiger partial charge < -0.3 is 4.74 Å². The molecule has 0 aliphatic rings. The smallest absolute Gasteiger partial charge is 0.137 e. The van der Waals surface area contributed by atoms with Gasteiger partial charge in [0.15, 0.2) is 0 Å². The molecule has 2 heteroatoms. The van der Waals surface area contributed by atoms with Gasteiger partial charge in [0.1, 0.15) is 11.8 Å². The lowest BCUT2D eigenvalue weighted by atomic mass is 10.1. The van der Waals surface area contributed by atoms with Crippen LogP contribution in [0.5, 0.6) is 5.75 Å². The summed E-state index contributed by atoms with van der Waals surface area (Å²) < 4.78 is 5.44. The molecule has 1 rings (SSSR count). The minimum Gasteiger partial charge on any atom is -0.492 e. The second-order valence-corrected chi connectivity index (χ2v) is 2.96. The molecule has 0 saturated heterocycles. The van der Waals surface area contributed by atoms with Crippen LogP contribution in [0.2, 0.25) is 0 Å². The van der Waals surface area contributed by atoms with E-state index in [1.54, 1.807) is 6.07 Å². The standard InChI is InChI=1S/C11H13NO/c1-3-6-13-11-7-9(2)4-5-10(11)8-12/h4-5,7H,3,6H2,1-2H3. The van der Waals surface area contributed by atoms with E-state index in [1.807, 2.05) is 26.0 Å². The Morgan fingerprint density at radius 1 is 1.46 bits per heavy atom. The second-order valence-electron chi connectivity index (χ2n) is 2.96. The van der Waals surface area contributed by atoms with Gasteiger partial charge in [-0.25, -0.2) is 0 Å². The van der Waals surface area contributed by atoms with E-state index in [-0.39, 0.29) is 0 Å². The van der Waals surface area contributed by atoms with Gasteiger partial charge in [0.05, 0.1) is 12.2 Å². The van der Waals surface area contributed by atoms with Gasteiger partial charge in [-0.1, -0.05) is 13.0 Å². The van der Waals surface area contributed by atoms with E-state index < -0.39 is 0 Å². The molecule has 0 aliphatic carbocycles. The first-order chi connectivity index (χ1) is 6.27. The van der Waals surface area contributed by atoms with Crippen molar-refractivity contribution in [2.75, 3.05) is 6.61 Å². The summed E-state index contributed by atoms with van der Waals surface area (Å²) in [6, 6.07) is 7.71. The van der Waals surface area contributed by atoms with E-state index in [0.717, 1.165) is 12.0 Å². The second kappa shape index (κ2) is 4.51. The van der Waals surface area contributed by atoms with Crippen LogP contribution in [0.4, 0.5) is 0 Å². The third-order valence-corrected chi connectivity index (χ3v) is 1.72. The molecular weight excluding hydrogens is 162 g/mol. The average Bonchev–Trinajstić information content (AvgIpc) is 2.15. The van der Waals surface area contributed by atoms with Crippen molar-refractivity contribution in [1.29, 1.82) is 5.26 Å². The van der Waals surface area contributed by atoms with Crippen molar-refractivity contribution in [1.82, 2.24) is 0 Å². The molecule has 0 aliphatic heterocycles. The Morgan fingerprint density at radius 3 is 2.85 bits per heavy atom. The summed E-state index contributed by atoms with van der Waals surface area (Å²) in [5.74, 6) is 0.698. The van der Waals surface area contributed by atoms with Gasteiger partial charge in [-0.15, -0.1) is 0 Å². The molecule has 68 valence electrons. The van der Waals surface area contributed by atoms with Crippen molar-refractivity contribution < 1.29 is 4.74 Å². The molecular formula is C11H13NO. The summed E-state index contributed by atoms with van der Waals surface area (Å²) in [5, 5.41) is 8.78. The van der Waals surface area contributed by atoms with Gasteiger partial charge in [-0.05, 0) is 31.0 Å². The van der Waals surface area contributed by atoms with Crippen LogP contribution in [-0.2, 0) is 0 Å². The third-order valence-electron chi connectivity index (χ3n) is 1.72. The molecule has 0 unspecified atom stereocenters. The summed E-state index contributed by atoms with van der Waals surface area (Å²) in [7, 11) is 0. The fourth-order valence-corrected chi connectivity index (χ4v) is 1.05. The van der Waals surface area contributed by atoms with Crippen molar-refractivity contribution in [3.63, 3.8) is 0 Å². The maximum atomic E-state index is 8.78. The number of benzene rings is 1. The highest BCUT2D eigenvalue weighted by Gasteiger charge is 2.01. The van der Waals surface area contributed by atoms with Gasteiger partial charge in [0.25, 0.3) is 0 Å². The van der Waals surface area contributed by atoms with Crippen LogP contribution in [0.1, 0.15) is 24.5 Å². The van der Waals surface area contributed by atoms with Gasteiger partial charge in [-0.3, -0.25) is 0 Å². The zero-order valence-electron chi connectivity index (χ0n) is 8.00. The molecule has 0 spiro atoms. The topological polar surface area (TPSA) is 33.0 Å². The largest absolute Gasteiger partial charge is 0.492 e. The highest BCUT2D eigenvalue weighted by atomic mass is 16.5. The van der Waals surface area contributed by atoms with E-state index in [2.05, 4.69) is 6.07 Å². The molecule has 0 aromatic heterocycles. The molecule has 0 heterocycles. The predicted molar refractivity (Wildman–Crippen MR) is 51.7 cm³/mol. The Morgan fingerprint density at radius 2 is 2.23 bits per heavy atom. The van der Waals surface area contributed by atoms with E-state index in [0.29, 0.717) is 17.9 Å². The fourth-order valence-electron chi connectivity index (χ4n) is 1.05. The third kappa shape index (κ3) is 2.48. The van der Waals surface area contributed by atoms with Crippen molar-refractivity contribution in [2.45, 2.75) is 20.3 Å². The normalized spacial score (nSPS) is 9.31.